The topological polar surface area (TPSA) is 118 Å². The summed E-state index contributed by atoms with van der Waals surface area (Å²) < 4.78 is 0. The highest BCUT2D eigenvalue weighted by atomic mass is 16.3. The molecule has 0 bridgehead atoms. The summed E-state index contributed by atoms with van der Waals surface area (Å²) in [5.74, 6) is 3.02. The Morgan fingerprint density at radius 2 is 1.29 bits per heavy atom. The Hall–Kier alpha value is -4.06. The number of aryl methyl sites for hydroxylation is 1. The minimum Gasteiger partial charge on any atom is -0.508 e. The highest BCUT2D eigenvalue weighted by Gasteiger charge is 2.27. The summed E-state index contributed by atoms with van der Waals surface area (Å²) in [6, 6.07) is 19.3. The second-order valence-electron chi connectivity index (χ2n) is 11.7. The van der Waals surface area contributed by atoms with E-state index in [1.807, 2.05) is 36.4 Å². The fourth-order valence-electron chi connectivity index (χ4n) is 6.15. The SMILES string of the molecule is CCCc1c(O)ccc(-c2cccc(N)n2)c1C1CCC1.CCCc1cc(-c2cccc(N)n2)c(C2CCC2)cc1O. The molecule has 2 heterocycles. The molecule has 2 aliphatic rings. The summed E-state index contributed by atoms with van der Waals surface area (Å²) in [7, 11) is 0. The van der Waals surface area contributed by atoms with Crippen molar-refractivity contribution in [2.75, 3.05) is 11.5 Å². The highest BCUT2D eigenvalue weighted by molar-refractivity contribution is 5.70. The Labute approximate surface area is 249 Å². The molecule has 6 rings (SSSR count). The molecule has 2 aliphatic carbocycles. The first-order valence-electron chi connectivity index (χ1n) is 15.6. The third kappa shape index (κ3) is 6.38. The van der Waals surface area contributed by atoms with Gasteiger partial charge >= 0.3 is 0 Å². The smallest absolute Gasteiger partial charge is 0.124 e. The van der Waals surface area contributed by atoms with Crippen LogP contribution >= 0.6 is 0 Å². The molecule has 2 fully saturated rings. The minimum absolute atomic E-state index is 0.423. The van der Waals surface area contributed by atoms with Crippen LogP contribution in [0, 0.1) is 0 Å². The lowest BCUT2D eigenvalue weighted by Crippen LogP contribution is -2.13. The van der Waals surface area contributed by atoms with Crippen LogP contribution in [0.5, 0.6) is 11.5 Å². The monoisotopic (exact) mass is 564 g/mol. The van der Waals surface area contributed by atoms with Crippen molar-refractivity contribution >= 4 is 11.6 Å². The molecular weight excluding hydrogens is 520 g/mol. The maximum absolute atomic E-state index is 10.3. The Bertz CT molecular complexity index is 1480. The molecule has 6 nitrogen and oxygen atoms in total. The van der Waals surface area contributed by atoms with Gasteiger partial charge in [-0.05, 0) is 121 Å². The lowest BCUT2D eigenvalue weighted by atomic mass is 9.75. The number of aromatic hydroxyl groups is 2. The zero-order chi connectivity index (χ0) is 29.6. The van der Waals surface area contributed by atoms with E-state index in [1.165, 1.54) is 49.7 Å². The number of aromatic nitrogens is 2. The second-order valence-corrected chi connectivity index (χ2v) is 11.7. The fourth-order valence-corrected chi connectivity index (χ4v) is 6.15. The van der Waals surface area contributed by atoms with Crippen LogP contribution in [0.1, 0.15) is 99.3 Å². The number of pyridine rings is 2. The van der Waals surface area contributed by atoms with Crippen molar-refractivity contribution in [2.24, 2.45) is 0 Å². The largest absolute Gasteiger partial charge is 0.508 e. The van der Waals surface area contributed by atoms with E-state index < -0.39 is 0 Å². The Morgan fingerprint density at radius 3 is 1.81 bits per heavy atom. The fraction of sp³-hybridized carbons (Fsp3) is 0.389. The van der Waals surface area contributed by atoms with Gasteiger partial charge in [-0.2, -0.15) is 0 Å². The first-order chi connectivity index (χ1) is 20.4. The van der Waals surface area contributed by atoms with Crippen molar-refractivity contribution in [3.05, 3.63) is 82.9 Å². The molecular formula is C36H44N4O2. The number of anilines is 2. The molecule has 4 aromatic rings. The van der Waals surface area contributed by atoms with E-state index in [4.69, 9.17) is 11.5 Å². The van der Waals surface area contributed by atoms with Gasteiger partial charge in [0.05, 0.1) is 11.4 Å². The molecule has 0 radical (unpaired) electrons. The summed E-state index contributed by atoms with van der Waals surface area (Å²) in [6.07, 6.45) is 11.2. The van der Waals surface area contributed by atoms with Gasteiger partial charge in [-0.1, -0.05) is 51.7 Å². The summed E-state index contributed by atoms with van der Waals surface area (Å²) in [4.78, 5) is 8.94. The molecule has 0 atom stereocenters. The van der Waals surface area contributed by atoms with E-state index in [2.05, 4.69) is 29.9 Å². The van der Waals surface area contributed by atoms with E-state index in [0.29, 0.717) is 35.0 Å². The molecule has 0 unspecified atom stereocenters. The zero-order valence-corrected chi connectivity index (χ0v) is 24.9. The van der Waals surface area contributed by atoms with Crippen LogP contribution in [0.25, 0.3) is 22.5 Å². The molecule has 2 aromatic heterocycles. The number of phenols is 2. The molecule has 42 heavy (non-hydrogen) atoms. The number of nitrogen functional groups attached to an aromatic ring is 2. The Kier molecular flexibility index (Phi) is 9.31. The maximum atomic E-state index is 10.3. The summed E-state index contributed by atoms with van der Waals surface area (Å²) >= 11 is 0. The van der Waals surface area contributed by atoms with Crippen LogP contribution in [0.2, 0.25) is 0 Å². The number of hydrogen-bond acceptors (Lipinski definition) is 6. The van der Waals surface area contributed by atoms with Crippen molar-refractivity contribution in [3.63, 3.8) is 0 Å². The lowest BCUT2D eigenvalue weighted by molar-refractivity contribution is 0.411. The van der Waals surface area contributed by atoms with Gasteiger partial charge in [-0.15, -0.1) is 0 Å². The van der Waals surface area contributed by atoms with Crippen LogP contribution in [0.4, 0.5) is 11.6 Å². The molecule has 6 N–H and O–H groups in total. The average Bonchev–Trinajstić information content (AvgIpc) is 2.91. The summed E-state index contributed by atoms with van der Waals surface area (Å²) in [5, 5.41) is 20.5. The number of nitrogens with two attached hydrogens (primary N) is 2. The minimum atomic E-state index is 0.423. The van der Waals surface area contributed by atoms with Crippen molar-refractivity contribution < 1.29 is 10.2 Å². The second kappa shape index (κ2) is 13.3. The molecule has 0 saturated heterocycles. The van der Waals surface area contributed by atoms with Gasteiger partial charge in [-0.25, -0.2) is 9.97 Å². The first kappa shape index (κ1) is 29.4. The maximum Gasteiger partial charge on any atom is 0.124 e. The Balaban J connectivity index is 0.000000168. The number of rotatable bonds is 8. The number of benzene rings is 2. The van der Waals surface area contributed by atoms with E-state index in [9.17, 15) is 10.2 Å². The summed E-state index contributed by atoms with van der Waals surface area (Å²) in [5.41, 5.74) is 20.4. The van der Waals surface area contributed by atoms with Crippen molar-refractivity contribution in [1.82, 2.24) is 9.97 Å². The number of hydrogen-bond donors (Lipinski definition) is 4. The number of nitrogens with zero attached hydrogens (tertiary/aromatic N) is 2. The predicted octanol–water partition coefficient (Wildman–Crippen LogP) is 8.51. The van der Waals surface area contributed by atoms with Gasteiger partial charge in [-0.3, -0.25) is 0 Å². The highest BCUT2D eigenvalue weighted by Crippen LogP contribution is 2.46. The van der Waals surface area contributed by atoms with E-state index in [0.717, 1.165) is 59.3 Å². The third-order valence-corrected chi connectivity index (χ3v) is 8.75. The van der Waals surface area contributed by atoms with Gasteiger partial charge in [0.25, 0.3) is 0 Å². The van der Waals surface area contributed by atoms with Crippen LogP contribution in [0.3, 0.4) is 0 Å². The Morgan fingerprint density at radius 1 is 0.690 bits per heavy atom. The van der Waals surface area contributed by atoms with E-state index >= 15 is 0 Å². The van der Waals surface area contributed by atoms with E-state index in [-0.39, 0.29) is 0 Å². The molecule has 0 spiro atoms. The zero-order valence-electron chi connectivity index (χ0n) is 24.9. The lowest BCUT2D eigenvalue weighted by Gasteiger charge is -2.30. The molecule has 2 saturated carbocycles. The van der Waals surface area contributed by atoms with Crippen molar-refractivity contribution in [1.29, 1.82) is 0 Å². The molecule has 0 aliphatic heterocycles. The summed E-state index contributed by atoms with van der Waals surface area (Å²) in [6.45, 7) is 4.27. The van der Waals surface area contributed by atoms with Crippen molar-refractivity contribution in [3.8, 4) is 34.0 Å². The van der Waals surface area contributed by atoms with Gasteiger partial charge in [0, 0.05) is 11.1 Å². The molecule has 0 amide bonds. The van der Waals surface area contributed by atoms with Gasteiger partial charge < -0.3 is 21.7 Å². The standard InChI is InChI=1S/2C18H22N2O/c1-2-5-13-10-15(16-8-4-9-18(19)20-16)14(11-17(13)21)12-6-3-7-12;1-2-5-14-16(21)11-10-13(18(14)12-6-3-7-12)15-8-4-9-17(19)20-15/h2*4,8-12,21H,2-3,5-7H2,1H3,(H2,19,20). The van der Waals surface area contributed by atoms with Crippen LogP contribution in [-0.2, 0) is 12.8 Å². The van der Waals surface area contributed by atoms with Crippen molar-refractivity contribution in [2.45, 2.75) is 89.9 Å². The normalized spacial score (nSPS) is 14.9. The quantitative estimate of drug-likeness (QED) is 0.170. The van der Waals surface area contributed by atoms with Gasteiger partial charge in [0.2, 0.25) is 0 Å². The van der Waals surface area contributed by atoms with Crippen LogP contribution < -0.4 is 11.5 Å². The number of phenolic OH excluding ortho intramolecular Hbond substituents is 2. The first-order valence-corrected chi connectivity index (χ1v) is 15.6. The van der Waals surface area contributed by atoms with Crippen LogP contribution in [0.15, 0.2) is 60.7 Å². The van der Waals surface area contributed by atoms with Crippen LogP contribution in [-0.4, -0.2) is 20.2 Å². The average molecular weight is 565 g/mol. The third-order valence-electron chi connectivity index (χ3n) is 8.75. The van der Waals surface area contributed by atoms with Gasteiger partial charge in [0.1, 0.15) is 23.1 Å². The van der Waals surface area contributed by atoms with E-state index in [1.54, 1.807) is 18.2 Å². The predicted molar refractivity (Wildman–Crippen MR) is 173 cm³/mol. The van der Waals surface area contributed by atoms with Gasteiger partial charge in [0.15, 0.2) is 0 Å². The molecule has 6 heteroatoms. The molecule has 2 aromatic carbocycles. The molecule has 220 valence electrons.